The van der Waals surface area contributed by atoms with E-state index in [2.05, 4.69) is 10.3 Å². The van der Waals surface area contributed by atoms with Crippen LogP contribution in [0, 0.1) is 0 Å². The van der Waals surface area contributed by atoms with Gasteiger partial charge in [0.05, 0.1) is 16.6 Å². The van der Waals surface area contributed by atoms with Crippen molar-refractivity contribution in [1.29, 1.82) is 0 Å². The van der Waals surface area contributed by atoms with Crippen LogP contribution in [0.25, 0.3) is 11.1 Å². The number of benzene rings is 3. The van der Waals surface area contributed by atoms with Gasteiger partial charge in [0.25, 0.3) is 0 Å². The van der Waals surface area contributed by atoms with E-state index in [1.807, 2.05) is 78.9 Å². The topological polar surface area (TPSA) is 79.4 Å². The van der Waals surface area contributed by atoms with Crippen molar-refractivity contribution in [2.45, 2.75) is 16.3 Å². The maximum atomic E-state index is 13.5. The number of sulfonamides is 1. The smallest absolute Gasteiger partial charge is 0.249 e. The summed E-state index contributed by atoms with van der Waals surface area (Å²) in [5.41, 5.74) is 3.50. The molecule has 5 rings (SSSR count). The molecule has 182 valence electrons. The summed E-state index contributed by atoms with van der Waals surface area (Å²) in [5, 5.41) is 2.19. The molecular weight excluding hydrogens is 490 g/mol. The molecule has 0 spiro atoms. The first-order valence-corrected chi connectivity index (χ1v) is 14.1. The van der Waals surface area contributed by atoms with Gasteiger partial charge in [0.2, 0.25) is 15.9 Å². The Labute approximate surface area is 215 Å². The average molecular weight is 516 g/mol. The third-order valence-electron chi connectivity index (χ3n) is 6.04. The molecule has 0 saturated carbocycles. The molecule has 1 aromatic heterocycles. The van der Waals surface area contributed by atoms with Gasteiger partial charge in [-0.3, -0.25) is 9.78 Å². The second-order valence-corrected chi connectivity index (χ2v) is 11.4. The standard InChI is InChI=1S/C28H25N3O3S2/c32-27(30-26(23-11-5-2-6-12-23)25-13-7-8-18-29-25)28-31(19-20-35-28)36(33,34)24-16-14-22(15-17-24)21-9-3-1-4-10-21/h1-18,26,28H,19-20H2,(H,30,32). The summed E-state index contributed by atoms with van der Waals surface area (Å²) >= 11 is 1.33. The van der Waals surface area contributed by atoms with Gasteiger partial charge >= 0.3 is 0 Å². The Bertz CT molecular complexity index is 1380. The normalized spacial score (nSPS) is 16.9. The molecule has 1 fully saturated rings. The number of amides is 1. The van der Waals surface area contributed by atoms with E-state index in [1.54, 1.807) is 30.5 Å². The Morgan fingerprint density at radius 2 is 1.50 bits per heavy atom. The number of aromatic nitrogens is 1. The second-order valence-electron chi connectivity index (χ2n) is 8.34. The molecule has 8 heteroatoms. The van der Waals surface area contributed by atoms with E-state index in [4.69, 9.17) is 0 Å². The number of carbonyl (C=O) groups excluding carboxylic acids is 1. The minimum atomic E-state index is -3.86. The van der Waals surface area contributed by atoms with Gasteiger partial charge in [0.1, 0.15) is 5.37 Å². The SMILES string of the molecule is O=C(NC(c1ccccc1)c1ccccn1)C1SCCN1S(=O)(=O)c1ccc(-c2ccccc2)cc1. The van der Waals surface area contributed by atoms with Crippen molar-refractivity contribution in [2.75, 3.05) is 12.3 Å². The van der Waals surface area contributed by atoms with Crippen LogP contribution >= 0.6 is 11.8 Å². The number of rotatable bonds is 7. The average Bonchev–Trinajstić information content (AvgIpc) is 3.45. The van der Waals surface area contributed by atoms with Gasteiger partial charge in [-0.2, -0.15) is 4.31 Å². The molecule has 0 radical (unpaired) electrons. The summed E-state index contributed by atoms with van der Waals surface area (Å²) in [6.07, 6.45) is 1.68. The van der Waals surface area contributed by atoms with Gasteiger partial charge in [-0.05, 0) is 41.0 Å². The van der Waals surface area contributed by atoms with Crippen molar-refractivity contribution < 1.29 is 13.2 Å². The number of thioether (sulfide) groups is 1. The summed E-state index contributed by atoms with van der Waals surface area (Å²) in [4.78, 5) is 18.1. The molecule has 1 aliphatic heterocycles. The summed E-state index contributed by atoms with van der Waals surface area (Å²) in [7, 11) is -3.86. The zero-order valence-electron chi connectivity index (χ0n) is 19.4. The molecule has 1 N–H and O–H groups in total. The molecule has 2 unspecified atom stereocenters. The first kappa shape index (κ1) is 24.2. The number of nitrogens with one attached hydrogen (secondary N) is 1. The zero-order valence-corrected chi connectivity index (χ0v) is 21.0. The Hall–Kier alpha value is -3.46. The molecule has 4 aromatic rings. The molecule has 2 heterocycles. The highest BCUT2D eigenvalue weighted by Gasteiger charge is 2.41. The van der Waals surface area contributed by atoms with Gasteiger partial charge in [-0.25, -0.2) is 8.42 Å². The first-order chi connectivity index (χ1) is 17.5. The van der Waals surface area contributed by atoms with Crippen molar-refractivity contribution in [3.05, 3.63) is 121 Å². The van der Waals surface area contributed by atoms with Crippen molar-refractivity contribution in [2.24, 2.45) is 0 Å². The summed E-state index contributed by atoms with van der Waals surface area (Å²) in [5.74, 6) is 0.181. The quantitative estimate of drug-likeness (QED) is 0.385. The number of hydrogen-bond donors (Lipinski definition) is 1. The highest BCUT2D eigenvalue weighted by atomic mass is 32.2. The highest BCUT2D eigenvalue weighted by Crippen LogP contribution is 2.32. The molecule has 6 nitrogen and oxygen atoms in total. The van der Waals surface area contributed by atoms with Crippen molar-refractivity contribution in [3.8, 4) is 11.1 Å². The van der Waals surface area contributed by atoms with Gasteiger partial charge in [-0.15, -0.1) is 11.8 Å². The Balaban J connectivity index is 1.38. The minimum Gasteiger partial charge on any atom is -0.341 e. The highest BCUT2D eigenvalue weighted by molar-refractivity contribution is 8.02. The van der Waals surface area contributed by atoms with Crippen LogP contribution in [0.2, 0.25) is 0 Å². The number of hydrogen-bond acceptors (Lipinski definition) is 5. The monoisotopic (exact) mass is 515 g/mol. The van der Waals surface area contributed by atoms with E-state index in [1.165, 1.54) is 16.1 Å². The lowest BCUT2D eigenvalue weighted by atomic mass is 10.0. The number of pyridine rings is 1. The fraction of sp³-hybridized carbons (Fsp3) is 0.143. The van der Waals surface area contributed by atoms with Gasteiger partial charge in [-0.1, -0.05) is 78.9 Å². The van der Waals surface area contributed by atoms with E-state index in [9.17, 15) is 13.2 Å². The minimum absolute atomic E-state index is 0.173. The fourth-order valence-corrected chi connectivity index (χ4v) is 7.31. The van der Waals surface area contributed by atoms with E-state index < -0.39 is 21.4 Å². The third-order valence-corrected chi connectivity index (χ3v) is 9.26. The largest absolute Gasteiger partial charge is 0.341 e. The fourth-order valence-electron chi connectivity index (χ4n) is 4.23. The van der Waals surface area contributed by atoms with Gasteiger partial charge in [0.15, 0.2) is 0 Å². The van der Waals surface area contributed by atoms with Gasteiger partial charge < -0.3 is 5.32 Å². The lowest BCUT2D eigenvalue weighted by Crippen LogP contribution is -2.46. The summed E-state index contributed by atoms with van der Waals surface area (Å²) in [6, 6.07) is 31.2. The molecule has 0 bridgehead atoms. The molecule has 2 atom stereocenters. The predicted octanol–water partition coefficient (Wildman–Crippen LogP) is 4.72. The molecule has 3 aromatic carbocycles. The van der Waals surface area contributed by atoms with E-state index >= 15 is 0 Å². The second kappa shape index (κ2) is 10.7. The molecule has 1 amide bonds. The maximum Gasteiger partial charge on any atom is 0.249 e. The molecule has 0 aliphatic carbocycles. The third kappa shape index (κ3) is 5.06. The van der Waals surface area contributed by atoms with Gasteiger partial charge in [0, 0.05) is 18.5 Å². The van der Waals surface area contributed by atoms with Crippen LogP contribution < -0.4 is 5.32 Å². The Morgan fingerprint density at radius 3 is 2.17 bits per heavy atom. The van der Waals surface area contributed by atoms with Crippen molar-refractivity contribution in [3.63, 3.8) is 0 Å². The van der Waals surface area contributed by atoms with Crippen LogP contribution in [-0.2, 0) is 14.8 Å². The summed E-state index contributed by atoms with van der Waals surface area (Å²) < 4.78 is 28.4. The number of nitrogens with zero attached hydrogens (tertiary/aromatic N) is 2. The van der Waals surface area contributed by atoms with E-state index in [-0.39, 0.29) is 17.3 Å². The van der Waals surface area contributed by atoms with Crippen LogP contribution in [-0.4, -0.2) is 41.3 Å². The maximum absolute atomic E-state index is 13.5. The molecule has 36 heavy (non-hydrogen) atoms. The first-order valence-electron chi connectivity index (χ1n) is 11.6. The van der Waals surface area contributed by atoms with Crippen LogP contribution in [0.15, 0.2) is 114 Å². The zero-order chi connectivity index (χ0) is 25.0. The number of carbonyl (C=O) groups is 1. The summed E-state index contributed by atoms with van der Waals surface area (Å²) in [6.45, 7) is 0.269. The van der Waals surface area contributed by atoms with E-state index in [0.717, 1.165) is 16.7 Å². The van der Waals surface area contributed by atoms with Crippen LogP contribution in [0.3, 0.4) is 0 Å². The Morgan fingerprint density at radius 1 is 0.861 bits per heavy atom. The van der Waals surface area contributed by atoms with Crippen LogP contribution in [0.1, 0.15) is 17.3 Å². The molecular formula is C28H25N3O3S2. The van der Waals surface area contributed by atoms with Crippen LogP contribution in [0.5, 0.6) is 0 Å². The lowest BCUT2D eigenvalue weighted by Gasteiger charge is -2.25. The van der Waals surface area contributed by atoms with Crippen molar-refractivity contribution >= 4 is 27.7 Å². The lowest BCUT2D eigenvalue weighted by molar-refractivity contribution is -0.122. The van der Waals surface area contributed by atoms with Crippen LogP contribution in [0.4, 0.5) is 0 Å². The van der Waals surface area contributed by atoms with E-state index in [0.29, 0.717) is 11.4 Å². The molecule has 1 saturated heterocycles. The molecule has 1 aliphatic rings. The van der Waals surface area contributed by atoms with Crippen molar-refractivity contribution in [1.82, 2.24) is 14.6 Å². The predicted molar refractivity (Wildman–Crippen MR) is 143 cm³/mol. The Kier molecular flexibility index (Phi) is 7.18.